The monoisotopic (exact) mass is 248 g/mol. The van der Waals surface area contributed by atoms with Crippen molar-refractivity contribution >= 4 is 17.2 Å². The molecule has 0 bridgehead atoms. The van der Waals surface area contributed by atoms with Crippen LogP contribution in [0.25, 0.3) is 0 Å². The van der Waals surface area contributed by atoms with E-state index in [0.717, 1.165) is 16.9 Å². The maximum Gasteiger partial charge on any atom is 0.261 e. The molecule has 0 radical (unpaired) electrons. The lowest BCUT2D eigenvalue weighted by atomic mass is 10.2. The first-order chi connectivity index (χ1) is 8.20. The van der Waals surface area contributed by atoms with E-state index in [1.54, 1.807) is 11.3 Å². The lowest BCUT2D eigenvalue weighted by Crippen LogP contribution is -2.21. The third kappa shape index (κ3) is 2.77. The number of aromatic amines is 1. The Kier molecular flexibility index (Phi) is 3.64. The standard InChI is InChI=1S/C13H16N2OS/c1-3-11-9(2)6-12(17-11)13(16)15-8-10-4-5-14-7-10/h4-7,14H,3,8H2,1-2H3,(H,15,16). The second-order valence-corrected chi connectivity index (χ2v) is 5.11. The highest BCUT2D eigenvalue weighted by molar-refractivity contribution is 7.14. The summed E-state index contributed by atoms with van der Waals surface area (Å²) in [5.41, 5.74) is 2.30. The van der Waals surface area contributed by atoms with E-state index in [0.29, 0.717) is 6.54 Å². The molecule has 17 heavy (non-hydrogen) atoms. The second kappa shape index (κ2) is 5.19. The molecule has 0 aliphatic rings. The molecule has 0 unspecified atom stereocenters. The van der Waals surface area contributed by atoms with Crippen LogP contribution < -0.4 is 5.32 Å². The molecular weight excluding hydrogens is 232 g/mol. The Bertz CT molecular complexity index is 499. The van der Waals surface area contributed by atoms with Gasteiger partial charge in [-0.2, -0.15) is 0 Å². The highest BCUT2D eigenvalue weighted by Crippen LogP contribution is 2.22. The molecule has 0 atom stereocenters. The van der Waals surface area contributed by atoms with Gasteiger partial charge in [-0.15, -0.1) is 11.3 Å². The largest absolute Gasteiger partial charge is 0.367 e. The van der Waals surface area contributed by atoms with Crippen molar-refractivity contribution in [3.8, 4) is 0 Å². The highest BCUT2D eigenvalue weighted by Gasteiger charge is 2.11. The minimum Gasteiger partial charge on any atom is -0.367 e. The van der Waals surface area contributed by atoms with Crippen LogP contribution >= 0.6 is 11.3 Å². The number of carbonyl (C=O) groups excluding carboxylic acids is 1. The third-order valence-corrected chi connectivity index (χ3v) is 4.06. The summed E-state index contributed by atoms with van der Waals surface area (Å²) in [6.45, 7) is 4.74. The van der Waals surface area contributed by atoms with Crippen LogP contribution in [0.3, 0.4) is 0 Å². The van der Waals surface area contributed by atoms with Gasteiger partial charge in [0.05, 0.1) is 4.88 Å². The predicted molar refractivity (Wildman–Crippen MR) is 70.4 cm³/mol. The van der Waals surface area contributed by atoms with Crippen LogP contribution in [0.1, 0.15) is 32.6 Å². The molecular formula is C13H16N2OS. The minimum absolute atomic E-state index is 0.0130. The highest BCUT2D eigenvalue weighted by atomic mass is 32.1. The summed E-state index contributed by atoms with van der Waals surface area (Å²) >= 11 is 1.58. The molecule has 0 fully saturated rings. The Morgan fingerprint density at radius 1 is 1.53 bits per heavy atom. The fraction of sp³-hybridized carbons (Fsp3) is 0.308. The Hall–Kier alpha value is -1.55. The minimum atomic E-state index is 0.0130. The van der Waals surface area contributed by atoms with Crippen LogP contribution in [0.15, 0.2) is 24.5 Å². The van der Waals surface area contributed by atoms with Gasteiger partial charge in [0.2, 0.25) is 0 Å². The SMILES string of the molecule is CCc1sc(C(=O)NCc2cc[nH]c2)cc1C. The third-order valence-electron chi connectivity index (χ3n) is 2.68. The maximum atomic E-state index is 11.9. The van der Waals surface area contributed by atoms with Gasteiger partial charge in [-0.05, 0) is 36.6 Å². The van der Waals surface area contributed by atoms with Gasteiger partial charge in [-0.1, -0.05) is 6.92 Å². The van der Waals surface area contributed by atoms with Gasteiger partial charge in [0.25, 0.3) is 5.91 Å². The molecule has 1 amide bonds. The van der Waals surface area contributed by atoms with Crippen molar-refractivity contribution in [2.75, 3.05) is 0 Å². The summed E-state index contributed by atoms with van der Waals surface area (Å²) in [7, 11) is 0. The van der Waals surface area contributed by atoms with Crippen molar-refractivity contribution in [2.45, 2.75) is 26.8 Å². The number of aryl methyl sites for hydroxylation is 2. The first kappa shape index (κ1) is 11.9. The molecule has 0 saturated carbocycles. The van der Waals surface area contributed by atoms with Crippen LogP contribution in [0, 0.1) is 6.92 Å². The molecule has 0 spiro atoms. The Morgan fingerprint density at radius 3 is 2.94 bits per heavy atom. The summed E-state index contributed by atoms with van der Waals surface area (Å²) in [6, 6.07) is 3.92. The molecule has 0 saturated heterocycles. The topological polar surface area (TPSA) is 44.9 Å². The fourth-order valence-electron chi connectivity index (χ4n) is 1.72. The van der Waals surface area contributed by atoms with Crippen molar-refractivity contribution in [1.82, 2.24) is 10.3 Å². The maximum absolute atomic E-state index is 11.9. The summed E-state index contributed by atoms with van der Waals surface area (Å²) in [4.78, 5) is 17.0. The lowest BCUT2D eigenvalue weighted by molar-refractivity contribution is 0.0955. The van der Waals surface area contributed by atoms with Gasteiger partial charge in [0.15, 0.2) is 0 Å². The number of hydrogen-bond acceptors (Lipinski definition) is 2. The van der Waals surface area contributed by atoms with Crippen molar-refractivity contribution in [1.29, 1.82) is 0 Å². The van der Waals surface area contributed by atoms with E-state index in [9.17, 15) is 4.79 Å². The van der Waals surface area contributed by atoms with Crippen LogP contribution in [0.2, 0.25) is 0 Å². The van der Waals surface area contributed by atoms with Crippen molar-refractivity contribution < 1.29 is 4.79 Å². The normalized spacial score (nSPS) is 10.5. The smallest absolute Gasteiger partial charge is 0.261 e. The number of thiophene rings is 1. The van der Waals surface area contributed by atoms with Gasteiger partial charge in [0.1, 0.15) is 0 Å². The number of aromatic nitrogens is 1. The van der Waals surface area contributed by atoms with E-state index in [2.05, 4.69) is 24.1 Å². The van der Waals surface area contributed by atoms with E-state index in [1.807, 2.05) is 24.5 Å². The zero-order valence-corrected chi connectivity index (χ0v) is 10.9. The Morgan fingerprint density at radius 2 is 2.35 bits per heavy atom. The Labute approximate surface area is 105 Å². The molecule has 0 aliphatic heterocycles. The summed E-state index contributed by atoms with van der Waals surface area (Å²) in [5, 5.41) is 2.92. The molecule has 4 heteroatoms. The van der Waals surface area contributed by atoms with Crippen LogP contribution in [0.4, 0.5) is 0 Å². The number of nitrogens with one attached hydrogen (secondary N) is 2. The van der Waals surface area contributed by atoms with Crippen molar-refractivity contribution in [3.63, 3.8) is 0 Å². The average molecular weight is 248 g/mol. The molecule has 2 aromatic rings. The van der Waals surface area contributed by atoms with E-state index in [4.69, 9.17) is 0 Å². The van der Waals surface area contributed by atoms with Gasteiger partial charge >= 0.3 is 0 Å². The van der Waals surface area contributed by atoms with E-state index >= 15 is 0 Å². The molecule has 90 valence electrons. The van der Waals surface area contributed by atoms with Crippen molar-refractivity contribution in [3.05, 3.63) is 45.4 Å². The number of carbonyl (C=O) groups is 1. The zero-order valence-electron chi connectivity index (χ0n) is 10.0. The fourth-order valence-corrected chi connectivity index (χ4v) is 2.75. The summed E-state index contributed by atoms with van der Waals surface area (Å²) in [6.07, 6.45) is 4.73. The van der Waals surface area contributed by atoms with E-state index in [1.165, 1.54) is 10.4 Å². The molecule has 0 aliphatic carbocycles. The number of hydrogen-bond donors (Lipinski definition) is 2. The molecule has 3 nitrogen and oxygen atoms in total. The van der Waals surface area contributed by atoms with Crippen LogP contribution in [0.5, 0.6) is 0 Å². The molecule has 2 heterocycles. The van der Waals surface area contributed by atoms with Crippen molar-refractivity contribution in [2.24, 2.45) is 0 Å². The first-order valence-corrected chi connectivity index (χ1v) is 6.51. The van der Waals surface area contributed by atoms with E-state index < -0.39 is 0 Å². The Balaban J connectivity index is 1.99. The van der Waals surface area contributed by atoms with Crippen LogP contribution in [-0.4, -0.2) is 10.9 Å². The van der Waals surface area contributed by atoms with Gasteiger partial charge < -0.3 is 10.3 Å². The molecule has 2 rings (SSSR count). The second-order valence-electron chi connectivity index (χ2n) is 3.97. The number of H-pyrrole nitrogens is 1. The van der Waals surface area contributed by atoms with E-state index in [-0.39, 0.29) is 5.91 Å². The van der Waals surface area contributed by atoms with Gasteiger partial charge in [-0.3, -0.25) is 4.79 Å². The lowest BCUT2D eigenvalue weighted by Gasteiger charge is -2.00. The average Bonchev–Trinajstić information content (AvgIpc) is 2.94. The van der Waals surface area contributed by atoms with Gasteiger partial charge in [0, 0.05) is 23.8 Å². The quantitative estimate of drug-likeness (QED) is 0.858. The summed E-state index contributed by atoms with van der Waals surface area (Å²) in [5.74, 6) is 0.0130. The first-order valence-electron chi connectivity index (χ1n) is 5.70. The number of rotatable bonds is 4. The predicted octanol–water partition coefficient (Wildman–Crippen LogP) is 2.88. The summed E-state index contributed by atoms with van der Waals surface area (Å²) < 4.78 is 0. The number of amides is 1. The molecule has 2 N–H and O–H groups in total. The molecule has 2 aromatic heterocycles. The van der Waals surface area contributed by atoms with Crippen LogP contribution in [-0.2, 0) is 13.0 Å². The molecule has 0 aromatic carbocycles. The zero-order chi connectivity index (χ0) is 12.3. The van der Waals surface area contributed by atoms with Gasteiger partial charge in [-0.25, -0.2) is 0 Å².